The van der Waals surface area contributed by atoms with Crippen LogP contribution in [0.25, 0.3) is 0 Å². The minimum Gasteiger partial charge on any atom is -0.338 e. The zero-order valence-electron chi connectivity index (χ0n) is 11.7. The summed E-state index contributed by atoms with van der Waals surface area (Å²) in [7, 11) is 0. The third kappa shape index (κ3) is 4.57. The van der Waals surface area contributed by atoms with Crippen molar-refractivity contribution in [1.82, 2.24) is 5.32 Å². The molecule has 5 heteroatoms. The summed E-state index contributed by atoms with van der Waals surface area (Å²) in [5.41, 5.74) is 1.39. The Morgan fingerprint density at radius 1 is 1.20 bits per heavy atom. The van der Waals surface area contributed by atoms with Gasteiger partial charge in [-0.1, -0.05) is 19.4 Å². The van der Waals surface area contributed by atoms with Crippen LogP contribution in [-0.4, -0.2) is 18.5 Å². The van der Waals surface area contributed by atoms with Gasteiger partial charge in [0.2, 0.25) is 5.91 Å². The quantitative estimate of drug-likeness (QED) is 0.698. The Morgan fingerprint density at radius 2 is 1.90 bits per heavy atom. The molecule has 0 atom stereocenters. The second-order valence-electron chi connectivity index (χ2n) is 5.08. The zero-order valence-corrected chi connectivity index (χ0v) is 11.7. The third-order valence-electron chi connectivity index (χ3n) is 3.15. The van der Waals surface area contributed by atoms with E-state index in [4.69, 9.17) is 0 Å². The Hall–Kier alpha value is -2.04. The van der Waals surface area contributed by atoms with Crippen LogP contribution in [0, 0.1) is 5.92 Å². The average Bonchev–Trinajstić information content (AvgIpc) is 3.23. The van der Waals surface area contributed by atoms with Crippen molar-refractivity contribution in [3.05, 3.63) is 24.3 Å². The van der Waals surface area contributed by atoms with Crippen LogP contribution in [0.15, 0.2) is 24.3 Å². The van der Waals surface area contributed by atoms with Gasteiger partial charge in [-0.3, -0.25) is 4.79 Å². The molecule has 0 aromatic heterocycles. The minimum atomic E-state index is -0.218. The normalized spacial score (nSPS) is 13.7. The van der Waals surface area contributed by atoms with Crippen molar-refractivity contribution in [3.8, 4) is 0 Å². The predicted molar refractivity (Wildman–Crippen MR) is 79.7 cm³/mol. The fourth-order valence-electron chi connectivity index (χ4n) is 1.82. The van der Waals surface area contributed by atoms with E-state index in [2.05, 4.69) is 22.9 Å². The Balaban J connectivity index is 1.85. The van der Waals surface area contributed by atoms with Crippen molar-refractivity contribution >= 4 is 23.3 Å². The Bertz CT molecular complexity index is 484. The maximum atomic E-state index is 11.7. The Kier molecular flexibility index (Phi) is 4.98. The molecule has 20 heavy (non-hydrogen) atoms. The first-order chi connectivity index (χ1) is 9.69. The standard InChI is InChI=1S/C15H21N3O2/c1-2-3-9-16-15(20)18-13-6-4-5-12(10-13)17-14(19)11-7-8-11/h4-6,10-11H,2-3,7-9H2,1H3,(H,17,19)(H2,16,18,20). The summed E-state index contributed by atoms with van der Waals surface area (Å²) >= 11 is 0. The van der Waals surface area contributed by atoms with Gasteiger partial charge in [0.05, 0.1) is 0 Å². The van der Waals surface area contributed by atoms with Crippen LogP contribution < -0.4 is 16.0 Å². The number of carbonyl (C=O) groups excluding carboxylic acids is 2. The molecule has 1 saturated carbocycles. The molecule has 1 fully saturated rings. The van der Waals surface area contributed by atoms with Crippen molar-refractivity contribution < 1.29 is 9.59 Å². The lowest BCUT2D eigenvalue weighted by Crippen LogP contribution is -2.29. The highest BCUT2D eigenvalue weighted by molar-refractivity contribution is 5.95. The number of carbonyl (C=O) groups is 2. The predicted octanol–water partition coefficient (Wildman–Crippen LogP) is 2.96. The zero-order chi connectivity index (χ0) is 14.4. The number of anilines is 2. The molecule has 1 aromatic rings. The van der Waals surface area contributed by atoms with Gasteiger partial charge in [0.1, 0.15) is 0 Å². The molecule has 0 heterocycles. The molecule has 108 valence electrons. The van der Waals surface area contributed by atoms with Gasteiger partial charge in [0, 0.05) is 23.8 Å². The number of hydrogen-bond donors (Lipinski definition) is 3. The van der Waals surface area contributed by atoms with Gasteiger partial charge in [-0.2, -0.15) is 0 Å². The minimum absolute atomic E-state index is 0.0644. The first-order valence-corrected chi connectivity index (χ1v) is 7.15. The lowest BCUT2D eigenvalue weighted by Gasteiger charge is -2.09. The van der Waals surface area contributed by atoms with Crippen molar-refractivity contribution in [2.45, 2.75) is 32.6 Å². The Morgan fingerprint density at radius 3 is 2.55 bits per heavy atom. The third-order valence-corrected chi connectivity index (χ3v) is 3.15. The molecular weight excluding hydrogens is 254 g/mol. The number of benzene rings is 1. The van der Waals surface area contributed by atoms with Crippen LogP contribution in [0.4, 0.5) is 16.2 Å². The van der Waals surface area contributed by atoms with Gasteiger partial charge in [-0.15, -0.1) is 0 Å². The molecule has 5 nitrogen and oxygen atoms in total. The summed E-state index contributed by atoms with van der Waals surface area (Å²) < 4.78 is 0. The van der Waals surface area contributed by atoms with Crippen LogP contribution in [0.3, 0.4) is 0 Å². The van der Waals surface area contributed by atoms with E-state index < -0.39 is 0 Å². The molecule has 0 bridgehead atoms. The van der Waals surface area contributed by atoms with E-state index in [1.807, 2.05) is 12.1 Å². The molecule has 1 aromatic carbocycles. The van der Waals surface area contributed by atoms with Crippen molar-refractivity contribution in [2.75, 3.05) is 17.2 Å². The monoisotopic (exact) mass is 275 g/mol. The molecule has 3 N–H and O–H groups in total. The fourth-order valence-corrected chi connectivity index (χ4v) is 1.82. The molecule has 1 aliphatic carbocycles. The molecule has 0 aliphatic heterocycles. The molecule has 0 radical (unpaired) electrons. The summed E-state index contributed by atoms with van der Waals surface area (Å²) in [4.78, 5) is 23.3. The van der Waals surface area contributed by atoms with E-state index in [1.54, 1.807) is 12.1 Å². The lowest BCUT2D eigenvalue weighted by molar-refractivity contribution is -0.117. The van der Waals surface area contributed by atoms with Crippen LogP contribution in [0.1, 0.15) is 32.6 Å². The lowest BCUT2D eigenvalue weighted by atomic mass is 10.2. The van der Waals surface area contributed by atoms with E-state index in [1.165, 1.54) is 0 Å². The van der Waals surface area contributed by atoms with Gasteiger partial charge in [-0.25, -0.2) is 4.79 Å². The summed E-state index contributed by atoms with van der Waals surface area (Å²) in [5.74, 6) is 0.235. The molecule has 1 aliphatic rings. The van der Waals surface area contributed by atoms with Gasteiger partial charge in [0.15, 0.2) is 0 Å². The molecule has 0 saturated heterocycles. The number of rotatable bonds is 6. The average molecular weight is 275 g/mol. The smallest absolute Gasteiger partial charge is 0.319 e. The second kappa shape index (κ2) is 6.93. The Labute approximate surface area is 119 Å². The highest BCUT2D eigenvalue weighted by Gasteiger charge is 2.29. The van der Waals surface area contributed by atoms with Crippen molar-refractivity contribution in [1.29, 1.82) is 0 Å². The fraction of sp³-hybridized carbons (Fsp3) is 0.467. The molecule has 2 rings (SSSR count). The molecular formula is C15H21N3O2. The second-order valence-corrected chi connectivity index (χ2v) is 5.08. The van der Waals surface area contributed by atoms with Crippen LogP contribution in [0.2, 0.25) is 0 Å². The summed E-state index contributed by atoms with van der Waals surface area (Å²) in [6.07, 6.45) is 3.96. The summed E-state index contributed by atoms with van der Waals surface area (Å²) in [6, 6.07) is 6.97. The maximum Gasteiger partial charge on any atom is 0.319 e. The number of nitrogens with one attached hydrogen (secondary N) is 3. The number of hydrogen-bond acceptors (Lipinski definition) is 2. The van der Waals surface area contributed by atoms with E-state index >= 15 is 0 Å². The van der Waals surface area contributed by atoms with E-state index in [9.17, 15) is 9.59 Å². The van der Waals surface area contributed by atoms with Crippen molar-refractivity contribution in [3.63, 3.8) is 0 Å². The van der Waals surface area contributed by atoms with Gasteiger partial charge < -0.3 is 16.0 Å². The summed E-state index contributed by atoms with van der Waals surface area (Å²) in [5, 5.41) is 8.40. The maximum absolute atomic E-state index is 11.7. The molecule has 0 spiro atoms. The highest BCUT2D eigenvalue weighted by atomic mass is 16.2. The largest absolute Gasteiger partial charge is 0.338 e. The number of amides is 3. The first-order valence-electron chi connectivity index (χ1n) is 7.15. The first kappa shape index (κ1) is 14.4. The topological polar surface area (TPSA) is 70.2 Å². The highest BCUT2D eigenvalue weighted by Crippen LogP contribution is 2.30. The molecule has 3 amide bonds. The SMILES string of the molecule is CCCCNC(=O)Nc1cccc(NC(=O)C2CC2)c1. The van der Waals surface area contributed by atoms with Crippen molar-refractivity contribution in [2.24, 2.45) is 5.92 Å². The number of urea groups is 1. The van der Waals surface area contributed by atoms with Crippen LogP contribution in [-0.2, 0) is 4.79 Å². The van der Waals surface area contributed by atoms with E-state index in [-0.39, 0.29) is 17.9 Å². The van der Waals surface area contributed by atoms with Gasteiger partial charge in [0.25, 0.3) is 0 Å². The van der Waals surface area contributed by atoms with E-state index in [0.29, 0.717) is 17.9 Å². The van der Waals surface area contributed by atoms with Gasteiger partial charge >= 0.3 is 6.03 Å². The van der Waals surface area contributed by atoms with Crippen LogP contribution >= 0.6 is 0 Å². The number of unbranched alkanes of at least 4 members (excludes halogenated alkanes) is 1. The van der Waals surface area contributed by atoms with Gasteiger partial charge in [-0.05, 0) is 37.5 Å². The van der Waals surface area contributed by atoms with Crippen LogP contribution in [0.5, 0.6) is 0 Å². The van der Waals surface area contributed by atoms with E-state index in [0.717, 1.165) is 25.7 Å². The summed E-state index contributed by atoms with van der Waals surface area (Å²) in [6.45, 7) is 2.74. The molecule has 0 unspecified atom stereocenters.